The maximum atomic E-state index is 12.0. The van der Waals surface area contributed by atoms with Gasteiger partial charge in [0, 0.05) is 16.9 Å². The third-order valence-electron chi connectivity index (χ3n) is 4.04. The van der Waals surface area contributed by atoms with Gasteiger partial charge in [-0.2, -0.15) is 0 Å². The summed E-state index contributed by atoms with van der Waals surface area (Å²) in [6.07, 6.45) is 0. The van der Waals surface area contributed by atoms with Gasteiger partial charge in [0.25, 0.3) is 0 Å². The van der Waals surface area contributed by atoms with Crippen LogP contribution in [0.25, 0.3) is 11.0 Å². The van der Waals surface area contributed by atoms with Gasteiger partial charge >= 0.3 is 5.63 Å². The van der Waals surface area contributed by atoms with Gasteiger partial charge in [-0.05, 0) is 41.0 Å². The minimum Gasteiger partial charge on any atom is -0.422 e. The average molecular weight is 312 g/mol. The Kier molecular flexibility index (Phi) is 3.55. The molecule has 0 unspecified atom stereocenters. The highest BCUT2D eigenvalue weighted by atomic mass is 16.4. The summed E-state index contributed by atoms with van der Waals surface area (Å²) in [6.45, 7) is 10.6. The van der Waals surface area contributed by atoms with Crippen LogP contribution in [0.1, 0.15) is 43.3 Å². The summed E-state index contributed by atoms with van der Waals surface area (Å²) in [5, 5.41) is 12.9. The largest absolute Gasteiger partial charge is 0.422 e. The Bertz CT molecular complexity index is 932. The van der Waals surface area contributed by atoms with Crippen molar-refractivity contribution in [2.45, 2.75) is 46.6 Å². The Hall–Kier alpha value is -2.50. The molecule has 0 fully saturated rings. The maximum absolute atomic E-state index is 12.0. The van der Waals surface area contributed by atoms with Crippen molar-refractivity contribution in [1.82, 2.24) is 20.2 Å². The summed E-state index contributed by atoms with van der Waals surface area (Å²) in [7, 11) is 0. The number of nitrogens with zero attached hydrogens (tertiary/aromatic N) is 4. The molecule has 6 nitrogen and oxygen atoms in total. The number of aromatic nitrogens is 4. The third kappa shape index (κ3) is 2.76. The summed E-state index contributed by atoms with van der Waals surface area (Å²) in [4.78, 5) is 12.0. The van der Waals surface area contributed by atoms with Crippen LogP contribution in [0.2, 0.25) is 0 Å². The van der Waals surface area contributed by atoms with E-state index in [1.165, 1.54) is 6.07 Å². The second-order valence-corrected chi connectivity index (χ2v) is 6.88. The molecule has 2 aromatic heterocycles. The van der Waals surface area contributed by atoms with Gasteiger partial charge in [0.1, 0.15) is 5.58 Å². The number of tetrazole rings is 1. The van der Waals surface area contributed by atoms with Crippen LogP contribution in [0, 0.1) is 13.8 Å². The van der Waals surface area contributed by atoms with Crippen molar-refractivity contribution in [3.05, 3.63) is 51.1 Å². The molecule has 0 amide bonds. The minimum absolute atomic E-state index is 0.175. The van der Waals surface area contributed by atoms with Gasteiger partial charge in [-0.3, -0.25) is 0 Å². The molecular weight excluding hydrogens is 292 g/mol. The molecule has 0 saturated carbocycles. The van der Waals surface area contributed by atoms with Crippen molar-refractivity contribution >= 4 is 11.0 Å². The molecule has 1 aromatic carbocycles. The fourth-order valence-electron chi connectivity index (χ4n) is 2.67. The van der Waals surface area contributed by atoms with Crippen molar-refractivity contribution in [2.75, 3.05) is 0 Å². The standard InChI is InChI=1S/C17H20N4O2/c1-10-6-7-13-12(8-14(22)23-15(13)11(10)2)9-21-16(17(3,4)5)18-19-20-21/h6-8H,9H2,1-5H3. The molecule has 0 saturated heterocycles. The summed E-state index contributed by atoms with van der Waals surface area (Å²) < 4.78 is 7.15. The summed E-state index contributed by atoms with van der Waals surface area (Å²) in [5.41, 5.74) is 3.04. The number of hydrogen-bond acceptors (Lipinski definition) is 5. The maximum Gasteiger partial charge on any atom is 0.336 e. The van der Waals surface area contributed by atoms with E-state index < -0.39 is 0 Å². The van der Waals surface area contributed by atoms with Crippen LogP contribution < -0.4 is 5.63 Å². The lowest BCUT2D eigenvalue weighted by atomic mass is 9.95. The van der Waals surface area contributed by atoms with Crippen LogP contribution in [0.4, 0.5) is 0 Å². The second-order valence-electron chi connectivity index (χ2n) is 6.88. The number of hydrogen-bond donors (Lipinski definition) is 0. The molecule has 0 radical (unpaired) electrons. The fourth-order valence-corrected chi connectivity index (χ4v) is 2.67. The lowest BCUT2D eigenvalue weighted by Crippen LogP contribution is -2.20. The molecule has 0 aliphatic heterocycles. The Morgan fingerprint density at radius 1 is 1.22 bits per heavy atom. The predicted octanol–water partition coefficient (Wildman–Crippen LogP) is 2.74. The summed E-state index contributed by atoms with van der Waals surface area (Å²) in [6, 6.07) is 5.54. The molecular formula is C17H20N4O2. The molecule has 0 aliphatic rings. The van der Waals surface area contributed by atoms with Gasteiger partial charge in [-0.15, -0.1) is 5.10 Å². The first-order valence-electron chi connectivity index (χ1n) is 7.57. The minimum atomic E-state index is -0.355. The molecule has 0 aliphatic carbocycles. The van der Waals surface area contributed by atoms with Crippen molar-refractivity contribution < 1.29 is 4.42 Å². The Morgan fingerprint density at radius 2 is 1.96 bits per heavy atom. The van der Waals surface area contributed by atoms with Crippen LogP contribution in [-0.4, -0.2) is 20.2 Å². The molecule has 0 atom stereocenters. The number of fused-ring (bicyclic) bond motifs is 1. The van der Waals surface area contributed by atoms with Crippen LogP contribution in [-0.2, 0) is 12.0 Å². The first-order chi connectivity index (χ1) is 10.8. The van der Waals surface area contributed by atoms with Gasteiger partial charge in [0.05, 0.1) is 6.54 Å². The van der Waals surface area contributed by atoms with Crippen LogP contribution >= 0.6 is 0 Å². The average Bonchev–Trinajstić information content (AvgIpc) is 2.91. The van der Waals surface area contributed by atoms with E-state index in [0.717, 1.165) is 27.9 Å². The lowest BCUT2D eigenvalue weighted by molar-refractivity contribution is 0.489. The van der Waals surface area contributed by atoms with Crippen LogP contribution in [0.5, 0.6) is 0 Å². The number of aryl methyl sites for hydroxylation is 2. The van der Waals surface area contributed by atoms with E-state index in [2.05, 4.69) is 36.3 Å². The van der Waals surface area contributed by atoms with E-state index in [4.69, 9.17) is 4.42 Å². The highest BCUT2D eigenvalue weighted by Crippen LogP contribution is 2.25. The van der Waals surface area contributed by atoms with Gasteiger partial charge in [-0.1, -0.05) is 32.9 Å². The third-order valence-corrected chi connectivity index (χ3v) is 4.04. The summed E-state index contributed by atoms with van der Waals surface area (Å²) in [5.74, 6) is 0.780. The van der Waals surface area contributed by atoms with Gasteiger partial charge in [0.2, 0.25) is 0 Å². The van der Waals surface area contributed by atoms with E-state index in [1.54, 1.807) is 4.68 Å². The van der Waals surface area contributed by atoms with Gasteiger partial charge in [0.15, 0.2) is 5.82 Å². The molecule has 23 heavy (non-hydrogen) atoms. The van der Waals surface area contributed by atoms with Crippen LogP contribution in [0.15, 0.2) is 27.4 Å². The lowest BCUT2D eigenvalue weighted by Gasteiger charge is -2.17. The Labute approximate surface area is 134 Å². The quantitative estimate of drug-likeness (QED) is 0.680. The monoisotopic (exact) mass is 312 g/mol. The Balaban J connectivity index is 2.17. The van der Waals surface area contributed by atoms with Crippen LogP contribution in [0.3, 0.4) is 0 Å². The number of benzene rings is 1. The van der Waals surface area contributed by atoms with Crippen molar-refractivity contribution in [3.8, 4) is 0 Å². The van der Waals surface area contributed by atoms with E-state index >= 15 is 0 Å². The normalized spacial score (nSPS) is 12.0. The zero-order valence-electron chi connectivity index (χ0n) is 14.0. The predicted molar refractivity (Wildman–Crippen MR) is 87.6 cm³/mol. The molecule has 0 spiro atoms. The topological polar surface area (TPSA) is 73.8 Å². The molecule has 3 rings (SSSR count). The van der Waals surface area contributed by atoms with Gasteiger partial charge < -0.3 is 4.42 Å². The molecule has 120 valence electrons. The first-order valence-corrected chi connectivity index (χ1v) is 7.57. The zero-order chi connectivity index (χ0) is 16.8. The van der Waals surface area contributed by atoms with E-state index in [9.17, 15) is 4.79 Å². The molecule has 0 N–H and O–H groups in total. The highest BCUT2D eigenvalue weighted by molar-refractivity contribution is 5.83. The molecule has 2 heterocycles. The van der Waals surface area contributed by atoms with Gasteiger partial charge in [-0.25, -0.2) is 9.48 Å². The molecule has 3 aromatic rings. The smallest absolute Gasteiger partial charge is 0.336 e. The molecule has 0 bridgehead atoms. The van der Waals surface area contributed by atoms with E-state index in [-0.39, 0.29) is 11.0 Å². The zero-order valence-corrected chi connectivity index (χ0v) is 14.0. The van der Waals surface area contributed by atoms with Crippen molar-refractivity contribution in [2.24, 2.45) is 0 Å². The Morgan fingerprint density at radius 3 is 2.65 bits per heavy atom. The fraction of sp³-hybridized carbons (Fsp3) is 0.412. The van der Waals surface area contributed by atoms with E-state index in [0.29, 0.717) is 12.1 Å². The first kappa shape index (κ1) is 15.4. The summed E-state index contributed by atoms with van der Waals surface area (Å²) >= 11 is 0. The van der Waals surface area contributed by atoms with E-state index in [1.807, 2.05) is 26.0 Å². The second kappa shape index (κ2) is 5.30. The molecule has 6 heteroatoms. The SMILES string of the molecule is Cc1ccc2c(Cn3nnnc3C(C)(C)C)cc(=O)oc2c1C. The van der Waals surface area contributed by atoms with Crippen molar-refractivity contribution in [3.63, 3.8) is 0 Å². The highest BCUT2D eigenvalue weighted by Gasteiger charge is 2.22. The van der Waals surface area contributed by atoms with Crippen molar-refractivity contribution in [1.29, 1.82) is 0 Å². The number of rotatable bonds is 2.